The quantitative estimate of drug-likeness (QED) is 0.125. The third kappa shape index (κ3) is 10.3. The largest absolute Gasteiger partial charge is 0.492 e. The van der Waals surface area contributed by atoms with Gasteiger partial charge in [0.25, 0.3) is 11.1 Å². The van der Waals surface area contributed by atoms with Crippen LogP contribution in [-0.4, -0.2) is 56.1 Å². The van der Waals surface area contributed by atoms with E-state index in [1.54, 1.807) is 48.0 Å². The fourth-order valence-corrected chi connectivity index (χ4v) is 7.10. The van der Waals surface area contributed by atoms with Gasteiger partial charge in [0.05, 0.1) is 27.8 Å². The average Bonchev–Trinajstić information content (AvgIpc) is 3.13. The van der Waals surface area contributed by atoms with E-state index in [0.717, 1.165) is 62.3 Å². The van der Waals surface area contributed by atoms with Crippen LogP contribution < -0.4 is 31.6 Å². The van der Waals surface area contributed by atoms with Crippen LogP contribution in [0.1, 0.15) is 72.4 Å². The molecule has 0 aliphatic rings. The number of ether oxygens (including phenoxy) is 3. The summed E-state index contributed by atoms with van der Waals surface area (Å²) in [4.78, 5) is 45.8. The molecule has 0 saturated heterocycles. The molecule has 0 fully saturated rings. The van der Waals surface area contributed by atoms with Crippen molar-refractivity contribution in [2.45, 2.75) is 92.8 Å². The summed E-state index contributed by atoms with van der Waals surface area (Å²) >= 11 is 0. The average molecular weight is 779 g/mol. The molecule has 2 atom stereocenters. The summed E-state index contributed by atoms with van der Waals surface area (Å²) in [6.45, 7) is 18.8. The van der Waals surface area contributed by atoms with Gasteiger partial charge >= 0.3 is 6.09 Å². The molecule has 12 nitrogen and oxygen atoms in total. The standard InChI is InChI=1S/C25H33N3O4.C20H25N3O2/c1-15(2)10-17(27-24(30)32-25(4,5)6)14-31-22-12-21-19(11-16(22)3)18-8-9-26-13-20(18)23(29)28(21)7;1-12(2)7-14(21)11-25-19-9-18-16(8-13(19)3)15-5-6-22-10-17(15)20(24)23(18)4/h8-9,11-13,15,17H,10,14H2,1-7H3,(H,27,30);5-6,8-10,12,14H,7,11,21H2,1-4H3/t17-;14-/m00/s1. The zero-order chi connectivity index (χ0) is 41.8. The molecule has 0 saturated carbocycles. The minimum absolute atomic E-state index is 0.00148. The second-order valence-corrected chi connectivity index (χ2v) is 16.8. The van der Waals surface area contributed by atoms with Gasteiger partial charge < -0.3 is 34.4 Å². The van der Waals surface area contributed by atoms with Gasteiger partial charge in [0.1, 0.15) is 30.3 Å². The lowest BCUT2D eigenvalue weighted by molar-refractivity contribution is 0.0480. The Morgan fingerprint density at radius 2 is 1.18 bits per heavy atom. The molecule has 12 heteroatoms. The molecule has 6 aromatic rings. The topological polar surface area (TPSA) is 153 Å². The van der Waals surface area contributed by atoms with Crippen molar-refractivity contribution in [2.75, 3.05) is 13.2 Å². The highest BCUT2D eigenvalue weighted by molar-refractivity contribution is 6.06. The summed E-state index contributed by atoms with van der Waals surface area (Å²) in [5, 5.41) is 7.93. The Kier molecular flexibility index (Phi) is 13.3. The van der Waals surface area contributed by atoms with E-state index in [4.69, 9.17) is 19.9 Å². The first-order valence-electron chi connectivity index (χ1n) is 19.6. The minimum atomic E-state index is -0.564. The van der Waals surface area contributed by atoms with E-state index >= 15 is 0 Å². The number of hydrogen-bond acceptors (Lipinski definition) is 9. The van der Waals surface area contributed by atoms with Crippen molar-refractivity contribution in [3.8, 4) is 11.5 Å². The van der Waals surface area contributed by atoms with Crippen LogP contribution in [-0.2, 0) is 18.8 Å². The van der Waals surface area contributed by atoms with E-state index < -0.39 is 11.7 Å². The lowest BCUT2D eigenvalue weighted by Gasteiger charge is -2.25. The van der Waals surface area contributed by atoms with Gasteiger partial charge in [0, 0.05) is 67.8 Å². The van der Waals surface area contributed by atoms with Crippen molar-refractivity contribution in [1.82, 2.24) is 24.4 Å². The Balaban J connectivity index is 0.000000224. The zero-order valence-electron chi connectivity index (χ0n) is 35.2. The van der Waals surface area contributed by atoms with Crippen LogP contribution in [0.2, 0.25) is 0 Å². The molecule has 0 radical (unpaired) electrons. The first kappa shape index (κ1) is 42.6. The maximum absolute atomic E-state index is 12.8. The molecule has 0 unspecified atom stereocenters. The Bertz CT molecular complexity index is 2520. The molecule has 4 aromatic heterocycles. The van der Waals surface area contributed by atoms with Crippen LogP contribution in [0.15, 0.2) is 70.8 Å². The van der Waals surface area contributed by atoms with Crippen LogP contribution in [0.4, 0.5) is 4.79 Å². The molecular weight excluding hydrogens is 721 g/mol. The second kappa shape index (κ2) is 17.8. The van der Waals surface area contributed by atoms with Gasteiger partial charge in [-0.25, -0.2) is 4.79 Å². The second-order valence-electron chi connectivity index (χ2n) is 16.8. The number of benzene rings is 2. The van der Waals surface area contributed by atoms with Crippen molar-refractivity contribution in [2.24, 2.45) is 31.7 Å². The smallest absolute Gasteiger partial charge is 0.407 e. The number of nitrogens with one attached hydrogen (secondary N) is 1. The number of aryl methyl sites for hydroxylation is 4. The van der Waals surface area contributed by atoms with E-state index in [9.17, 15) is 14.4 Å². The van der Waals surface area contributed by atoms with Crippen molar-refractivity contribution < 1.29 is 19.0 Å². The van der Waals surface area contributed by atoms with Gasteiger partial charge in [-0.15, -0.1) is 0 Å². The maximum Gasteiger partial charge on any atom is 0.407 e. The third-order valence-electron chi connectivity index (χ3n) is 9.75. The third-order valence-corrected chi connectivity index (χ3v) is 9.75. The van der Waals surface area contributed by atoms with Crippen LogP contribution in [0.25, 0.3) is 43.4 Å². The van der Waals surface area contributed by atoms with Crippen molar-refractivity contribution >= 4 is 49.4 Å². The SMILES string of the molecule is Cc1cc2c3ccncc3c(=O)n(C)c2cc1OC[C@@H](N)CC(C)C.Cc1cc2c3ccncc3c(=O)n(C)c2cc1OC[C@H](CC(C)C)NC(=O)OC(C)(C)C. The lowest BCUT2D eigenvalue weighted by Crippen LogP contribution is -2.42. The van der Waals surface area contributed by atoms with Crippen molar-refractivity contribution in [3.05, 3.63) is 93.0 Å². The van der Waals surface area contributed by atoms with Gasteiger partial charge in [-0.1, -0.05) is 27.7 Å². The van der Waals surface area contributed by atoms with Crippen LogP contribution >= 0.6 is 0 Å². The number of carbonyl (C=O) groups excluding carboxylic acids is 1. The number of fused-ring (bicyclic) bond motifs is 6. The Hall–Kier alpha value is -5.49. The number of nitrogens with two attached hydrogens (primary N) is 1. The van der Waals surface area contributed by atoms with E-state index in [-0.39, 0.29) is 23.2 Å². The number of pyridine rings is 4. The predicted octanol–water partition coefficient (Wildman–Crippen LogP) is 7.86. The fourth-order valence-electron chi connectivity index (χ4n) is 7.10. The number of nitrogens with zero attached hydrogens (tertiary/aromatic N) is 4. The summed E-state index contributed by atoms with van der Waals surface area (Å²) < 4.78 is 20.8. The number of rotatable bonds is 11. The van der Waals surface area contributed by atoms with E-state index in [0.29, 0.717) is 41.6 Å². The zero-order valence-corrected chi connectivity index (χ0v) is 35.2. The van der Waals surface area contributed by atoms with Gasteiger partial charge in [0.2, 0.25) is 0 Å². The molecule has 0 aliphatic heterocycles. The first-order chi connectivity index (χ1) is 26.8. The number of carbonyl (C=O) groups is 1. The summed E-state index contributed by atoms with van der Waals surface area (Å²) in [5.74, 6) is 2.37. The molecule has 0 spiro atoms. The van der Waals surface area contributed by atoms with Gasteiger partial charge in [-0.05, 0) is 105 Å². The molecule has 6 rings (SSSR count). The molecule has 304 valence electrons. The first-order valence-corrected chi connectivity index (χ1v) is 19.6. The Morgan fingerprint density at radius 3 is 1.61 bits per heavy atom. The monoisotopic (exact) mass is 778 g/mol. The predicted molar refractivity (Wildman–Crippen MR) is 229 cm³/mol. The summed E-state index contributed by atoms with van der Waals surface area (Å²) in [5.41, 5.74) is 9.03. The summed E-state index contributed by atoms with van der Waals surface area (Å²) in [7, 11) is 3.53. The maximum atomic E-state index is 12.8. The van der Waals surface area contributed by atoms with E-state index in [2.05, 4.69) is 49.0 Å². The molecule has 0 aliphatic carbocycles. The highest BCUT2D eigenvalue weighted by Gasteiger charge is 2.22. The summed E-state index contributed by atoms with van der Waals surface area (Å²) in [6.07, 6.45) is 7.86. The number of aromatic nitrogens is 4. The number of amides is 1. The van der Waals surface area contributed by atoms with E-state index in [1.807, 2.05) is 65.0 Å². The normalized spacial score (nSPS) is 12.9. The Morgan fingerprint density at radius 1 is 0.719 bits per heavy atom. The van der Waals surface area contributed by atoms with E-state index in [1.165, 1.54) is 0 Å². The minimum Gasteiger partial charge on any atom is -0.492 e. The van der Waals surface area contributed by atoms with Crippen LogP contribution in [0, 0.1) is 25.7 Å². The van der Waals surface area contributed by atoms with Gasteiger partial charge in [-0.3, -0.25) is 19.6 Å². The van der Waals surface area contributed by atoms with Gasteiger partial charge in [-0.2, -0.15) is 0 Å². The molecule has 0 bridgehead atoms. The van der Waals surface area contributed by atoms with Crippen LogP contribution in [0.5, 0.6) is 11.5 Å². The molecule has 57 heavy (non-hydrogen) atoms. The molecule has 2 aromatic carbocycles. The fraction of sp³-hybridized carbons (Fsp3) is 0.444. The molecule has 4 heterocycles. The highest BCUT2D eigenvalue weighted by Crippen LogP contribution is 2.31. The van der Waals surface area contributed by atoms with Crippen LogP contribution in [0.3, 0.4) is 0 Å². The Labute approximate surface area is 334 Å². The summed E-state index contributed by atoms with van der Waals surface area (Å²) in [6, 6.07) is 11.5. The molecule has 1 amide bonds. The van der Waals surface area contributed by atoms with Crippen molar-refractivity contribution in [3.63, 3.8) is 0 Å². The number of hydrogen-bond donors (Lipinski definition) is 2. The van der Waals surface area contributed by atoms with Crippen molar-refractivity contribution in [1.29, 1.82) is 0 Å². The highest BCUT2D eigenvalue weighted by atomic mass is 16.6. The lowest BCUT2D eigenvalue weighted by atomic mass is 10.0. The molecule has 3 N–H and O–H groups in total. The molecular formula is C45H58N6O6. The van der Waals surface area contributed by atoms with Gasteiger partial charge in [0.15, 0.2) is 0 Å². The number of alkyl carbamates (subject to hydrolysis) is 1.